The Morgan fingerprint density at radius 3 is 2.12 bits per heavy atom. The van der Waals surface area contributed by atoms with Crippen molar-refractivity contribution < 1.29 is 24.1 Å². The van der Waals surface area contributed by atoms with Crippen LogP contribution in [0.25, 0.3) is 10.8 Å². The van der Waals surface area contributed by atoms with Gasteiger partial charge in [0.05, 0.1) is 21.3 Å². The van der Waals surface area contributed by atoms with Crippen molar-refractivity contribution in [3.63, 3.8) is 0 Å². The van der Waals surface area contributed by atoms with Crippen LogP contribution in [-0.2, 0) is 6.42 Å². The number of methoxy groups -OCH3 is 3. The average molecular weight is 352 g/mol. The second-order valence-corrected chi connectivity index (χ2v) is 5.81. The number of ether oxygens (including phenoxy) is 3. The SMILES string of the molecule is COc1cc(C(=O)Cc2cccc3cccc(O)c23)cc(OC)c1OC. The Bertz CT molecular complexity index is 932. The lowest BCUT2D eigenvalue weighted by molar-refractivity contribution is 0.0992. The van der Waals surface area contributed by atoms with Gasteiger partial charge in [-0.25, -0.2) is 0 Å². The summed E-state index contributed by atoms with van der Waals surface area (Å²) in [7, 11) is 4.53. The maximum Gasteiger partial charge on any atom is 0.203 e. The number of ketones is 1. The Hall–Kier alpha value is -3.21. The largest absolute Gasteiger partial charge is 0.507 e. The third-order valence-electron chi connectivity index (χ3n) is 4.31. The second kappa shape index (κ2) is 7.35. The van der Waals surface area contributed by atoms with E-state index in [0.29, 0.717) is 28.2 Å². The summed E-state index contributed by atoms with van der Waals surface area (Å²) in [6.45, 7) is 0. The van der Waals surface area contributed by atoms with Crippen molar-refractivity contribution in [2.24, 2.45) is 0 Å². The van der Waals surface area contributed by atoms with Crippen molar-refractivity contribution in [1.29, 1.82) is 0 Å². The van der Waals surface area contributed by atoms with E-state index in [0.717, 1.165) is 10.9 Å². The highest BCUT2D eigenvalue weighted by molar-refractivity contribution is 6.02. The van der Waals surface area contributed by atoms with E-state index < -0.39 is 0 Å². The molecule has 0 heterocycles. The fourth-order valence-electron chi connectivity index (χ4n) is 3.06. The van der Waals surface area contributed by atoms with Crippen LogP contribution >= 0.6 is 0 Å². The number of rotatable bonds is 6. The normalized spacial score (nSPS) is 10.6. The first-order valence-electron chi connectivity index (χ1n) is 8.11. The van der Waals surface area contributed by atoms with Gasteiger partial charge in [-0.15, -0.1) is 0 Å². The third kappa shape index (κ3) is 3.16. The van der Waals surface area contributed by atoms with E-state index in [2.05, 4.69) is 0 Å². The van der Waals surface area contributed by atoms with E-state index in [4.69, 9.17) is 14.2 Å². The van der Waals surface area contributed by atoms with Gasteiger partial charge in [0.2, 0.25) is 5.75 Å². The van der Waals surface area contributed by atoms with Gasteiger partial charge in [-0.1, -0.05) is 30.3 Å². The van der Waals surface area contributed by atoms with E-state index in [1.165, 1.54) is 21.3 Å². The number of carbonyl (C=O) groups excluding carboxylic acids is 1. The number of hydrogen-bond donors (Lipinski definition) is 1. The Morgan fingerprint density at radius 2 is 1.54 bits per heavy atom. The third-order valence-corrected chi connectivity index (χ3v) is 4.31. The molecule has 3 aromatic carbocycles. The van der Waals surface area contributed by atoms with Crippen LogP contribution in [0.15, 0.2) is 48.5 Å². The van der Waals surface area contributed by atoms with Crippen LogP contribution in [-0.4, -0.2) is 32.2 Å². The van der Waals surface area contributed by atoms with Crippen molar-refractivity contribution in [3.8, 4) is 23.0 Å². The van der Waals surface area contributed by atoms with Crippen molar-refractivity contribution >= 4 is 16.6 Å². The summed E-state index contributed by atoms with van der Waals surface area (Å²) in [6, 6.07) is 14.2. The molecule has 0 aromatic heterocycles. The molecule has 0 amide bonds. The summed E-state index contributed by atoms with van der Waals surface area (Å²) in [5.41, 5.74) is 1.21. The Balaban J connectivity index is 2.02. The first kappa shape index (κ1) is 17.6. The first-order valence-corrected chi connectivity index (χ1v) is 8.11. The van der Waals surface area contributed by atoms with Gasteiger partial charge in [0.25, 0.3) is 0 Å². The summed E-state index contributed by atoms with van der Waals surface area (Å²) >= 11 is 0. The Labute approximate surface area is 151 Å². The van der Waals surface area contributed by atoms with Crippen LogP contribution in [0.2, 0.25) is 0 Å². The minimum atomic E-state index is -0.111. The molecule has 26 heavy (non-hydrogen) atoms. The van der Waals surface area contributed by atoms with Gasteiger partial charge < -0.3 is 19.3 Å². The average Bonchev–Trinajstić information content (AvgIpc) is 2.66. The highest BCUT2D eigenvalue weighted by Gasteiger charge is 2.18. The number of fused-ring (bicyclic) bond motifs is 1. The molecule has 3 aromatic rings. The van der Waals surface area contributed by atoms with Gasteiger partial charge in [0.1, 0.15) is 5.75 Å². The fourth-order valence-corrected chi connectivity index (χ4v) is 3.06. The highest BCUT2D eigenvalue weighted by atomic mass is 16.5. The lowest BCUT2D eigenvalue weighted by Crippen LogP contribution is -2.06. The molecule has 0 aliphatic rings. The van der Waals surface area contributed by atoms with Gasteiger partial charge in [0.15, 0.2) is 17.3 Å². The van der Waals surface area contributed by atoms with Gasteiger partial charge in [-0.2, -0.15) is 0 Å². The smallest absolute Gasteiger partial charge is 0.203 e. The molecule has 3 rings (SSSR count). The molecule has 1 N–H and O–H groups in total. The number of phenolic OH excluding ortho intramolecular Hbond substituents is 1. The summed E-state index contributed by atoms with van der Waals surface area (Å²) in [5.74, 6) is 1.34. The minimum Gasteiger partial charge on any atom is -0.507 e. The number of phenols is 1. The first-order chi connectivity index (χ1) is 12.6. The predicted molar refractivity (Wildman–Crippen MR) is 99.7 cm³/mol. The van der Waals surface area contributed by atoms with Crippen LogP contribution < -0.4 is 14.2 Å². The molecule has 0 aliphatic carbocycles. The number of aromatic hydroxyl groups is 1. The summed E-state index contributed by atoms with van der Waals surface area (Å²) in [5, 5.41) is 11.8. The molecule has 0 radical (unpaired) electrons. The van der Waals surface area contributed by atoms with Crippen LogP contribution in [0, 0.1) is 0 Å². The fraction of sp³-hybridized carbons (Fsp3) is 0.190. The molecule has 0 atom stereocenters. The molecule has 0 unspecified atom stereocenters. The highest BCUT2D eigenvalue weighted by Crippen LogP contribution is 2.38. The van der Waals surface area contributed by atoms with Gasteiger partial charge in [-0.3, -0.25) is 4.79 Å². The zero-order valence-electron chi connectivity index (χ0n) is 14.9. The Morgan fingerprint density at radius 1 is 0.923 bits per heavy atom. The molecule has 0 fully saturated rings. The molecular weight excluding hydrogens is 332 g/mol. The maximum absolute atomic E-state index is 12.9. The van der Waals surface area contributed by atoms with Crippen molar-refractivity contribution in [2.45, 2.75) is 6.42 Å². The van der Waals surface area contributed by atoms with Gasteiger partial charge >= 0.3 is 0 Å². The van der Waals surface area contributed by atoms with E-state index in [1.807, 2.05) is 24.3 Å². The Kier molecular flexibility index (Phi) is 4.98. The van der Waals surface area contributed by atoms with E-state index in [1.54, 1.807) is 24.3 Å². The van der Waals surface area contributed by atoms with Crippen LogP contribution in [0.1, 0.15) is 15.9 Å². The van der Waals surface area contributed by atoms with Gasteiger partial charge in [-0.05, 0) is 29.1 Å². The zero-order chi connectivity index (χ0) is 18.7. The molecular formula is C21H20O5. The lowest BCUT2D eigenvalue weighted by atomic mass is 9.97. The van der Waals surface area contributed by atoms with Crippen molar-refractivity contribution in [2.75, 3.05) is 21.3 Å². The zero-order valence-corrected chi connectivity index (χ0v) is 14.9. The van der Waals surface area contributed by atoms with Crippen LogP contribution in [0.5, 0.6) is 23.0 Å². The summed E-state index contributed by atoms with van der Waals surface area (Å²) in [4.78, 5) is 12.9. The van der Waals surface area contributed by atoms with Crippen LogP contribution in [0.3, 0.4) is 0 Å². The lowest BCUT2D eigenvalue weighted by Gasteiger charge is -2.14. The van der Waals surface area contributed by atoms with Crippen LogP contribution in [0.4, 0.5) is 0 Å². The molecule has 134 valence electrons. The minimum absolute atomic E-state index is 0.111. The van der Waals surface area contributed by atoms with Crippen molar-refractivity contribution in [1.82, 2.24) is 0 Å². The monoisotopic (exact) mass is 352 g/mol. The summed E-state index contributed by atoms with van der Waals surface area (Å²) < 4.78 is 15.9. The molecule has 0 saturated heterocycles. The predicted octanol–water partition coefficient (Wildman–Crippen LogP) is 4.00. The molecule has 5 heteroatoms. The standard InChI is InChI=1S/C21H20O5/c1-24-18-11-15(12-19(25-2)21(18)26-3)17(23)10-14-8-4-6-13-7-5-9-16(22)20(13)14/h4-9,11-12,22H,10H2,1-3H3. The topological polar surface area (TPSA) is 65.0 Å². The molecule has 0 bridgehead atoms. The van der Waals surface area contributed by atoms with E-state index in [-0.39, 0.29) is 18.0 Å². The van der Waals surface area contributed by atoms with E-state index in [9.17, 15) is 9.90 Å². The second-order valence-electron chi connectivity index (χ2n) is 5.81. The molecule has 5 nitrogen and oxygen atoms in total. The number of benzene rings is 3. The van der Waals surface area contributed by atoms with Crippen molar-refractivity contribution in [3.05, 3.63) is 59.7 Å². The number of Topliss-reactive ketones (excluding diaryl/α,β-unsaturated/α-hetero) is 1. The quantitative estimate of drug-likeness (QED) is 0.680. The van der Waals surface area contributed by atoms with Gasteiger partial charge in [0, 0.05) is 17.4 Å². The molecule has 0 aliphatic heterocycles. The number of carbonyl (C=O) groups is 1. The maximum atomic E-state index is 12.9. The molecule has 0 saturated carbocycles. The number of hydrogen-bond acceptors (Lipinski definition) is 5. The summed E-state index contributed by atoms with van der Waals surface area (Å²) in [6.07, 6.45) is 0.146. The molecule has 0 spiro atoms. The van der Waals surface area contributed by atoms with E-state index >= 15 is 0 Å².